The number of carboxylic acid groups (broad SMARTS) is 1. The van der Waals surface area contributed by atoms with Crippen LogP contribution >= 0.6 is 11.6 Å². The molecule has 11 unspecified atom stereocenters. The number of unbranched alkanes of at least 4 members (excludes halogenated alkanes) is 1. The lowest BCUT2D eigenvalue weighted by Gasteiger charge is -2.48. The number of aliphatic carboxylic acids is 1. The first kappa shape index (κ1) is 28.3. The van der Waals surface area contributed by atoms with Crippen molar-refractivity contribution in [3.8, 4) is 0 Å². The number of carboxylic acids is 1. The molecule has 1 N–H and O–H groups in total. The van der Waals surface area contributed by atoms with Gasteiger partial charge in [-0.2, -0.15) is 0 Å². The topological polar surface area (TPSA) is 82.1 Å². The number of halogens is 1. The number of aldehydes is 1. The van der Waals surface area contributed by atoms with Crippen LogP contribution in [-0.2, 0) is 23.8 Å². The fourth-order valence-electron chi connectivity index (χ4n) is 9.09. The second kappa shape index (κ2) is 10.6. The third kappa shape index (κ3) is 4.33. The zero-order valence-corrected chi connectivity index (χ0v) is 24.1. The van der Waals surface area contributed by atoms with Crippen LogP contribution in [0.15, 0.2) is 23.8 Å². The monoisotopic (exact) mass is 548 g/mol. The second-order valence-corrected chi connectivity index (χ2v) is 13.7. The highest BCUT2D eigenvalue weighted by atomic mass is 35.5. The number of ether oxygens (including phenoxy) is 3. The van der Waals surface area contributed by atoms with Gasteiger partial charge in [0.2, 0.25) is 0 Å². The van der Waals surface area contributed by atoms with Crippen LogP contribution in [0.4, 0.5) is 0 Å². The molecule has 6 nitrogen and oxygen atoms in total. The molecular formula is C31H45ClO6. The van der Waals surface area contributed by atoms with E-state index >= 15 is 0 Å². The van der Waals surface area contributed by atoms with Crippen molar-refractivity contribution in [2.24, 2.45) is 46.3 Å². The molecule has 0 aromatic rings. The molecule has 38 heavy (non-hydrogen) atoms. The summed E-state index contributed by atoms with van der Waals surface area (Å²) in [7, 11) is 0. The largest absolute Gasteiger partial charge is 0.481 e. The number of hydrogen-bond donors (Lipinski definition) is 1. The fourth-order valence-corrected chi connectivity index (χ4v) is 9.47. The number of hydrogen-bond acceptors (Lipinski definition) is 5. The highest BCUT2D eigenvalue weighted by Crippen LogP contribution is 2.71. The van der Waals surface area contributed by atoms with E-state index in [0.717, 1.165) is 43.1 Å². The zero-order chi connectivity index (χ0) is 27.4. The lowest BCUT2D eigenvalue weighted by Crippen LogP contribution is -2.53. The average Bonchev–Trinajstić information content (AvgIpc) is 3.61. The molecule has 2 heterocycles. The van der Waals surface area contributed by atoms with Crippen LogP contribution in [0.3, 0.4) is 0 Å². The molecule has 0 radical (unpaired) electrons. The van der Waals surface area contributed by atoms with Crippen molar-refractivity contribution in [3.05, 3.63) is 23.8 Å². The van der Waals surface area contributed by atoms with E-state index in [1.807, 2.05) is 6.92 Å². The Morgan fingerprint density at radius 2 is 2.05 bits per heavy atom. The van der Waals surface area contributed by atoms with Crippen LogP contribution in [0.25, 0.3) is 0 Å². The van der Waals surface area contributed by atoms with Crippen LogP contribution in [0, 0.1) is 46.3 Å². The molecule has 3 aliphatic carbocycles. The maximum atomic E-state index is 13.0. The number of alkyl halides is 1. The van der Waals surface area contributed by atoms with Crippen molar-refractivity contribution in [1.82, 2.24) is 0 Å². The van der Waals surface area contributed by atoms with E-state index in [1.54, 1.807) is 0 Å². The summed E-state index contributed by atoms with van der Waals surface area (Å²) >= 11 is 6.85. The molecule has 2 saturated heterocycles. The van der Waals surface area contributed by atoms with Gasteiger partial charge in [0, 0.05) is 29.7 Å². The smallest absolute Gasteiger partial charge is 0.314 e. The van der Waals surface area contributed by atoms with Gasteiger partial charge >= 0.3 is 5.97 Å². The lowest BCUT2D eigenvalue weighted by molar-refractivity contribution is -0.226. The van der Waals surface area contributed by atoms with E-state index in [4.69, 9.17) is 25.8 Å². The SMILES string of the molecule is C=C1COC2C(C)OC(OCCCCC3C(C)C(Cl)CC3C3(C=O)CC4C=C(C(C)C)C3(C(=O)O)C4)CC12. The van der Waals surface area contributed by atoms with Crippen molar-refractivity contribution in [2.75, 3.05) is 13.2 Å². The summed E-state index contributed by atoms with van der Waals surface area (Å²) in [6.45, 7) is 13.7. The first-order chi connectivity index (χ1) is 18.1. The van der Waals surface area contributed by atoms with Crippen molar-refractivity contribution >= 4 is 23.9 Å². The Morgan fingerprint density at radius 3 is 2.74 bits per heavy atom. The van der Waals surface area contributed by atoms with Gasteiger partial charge in [0.15, 0.2) is 6.29 Å². The summed E-state index contributed by atoms with van der Waals surface area (Å²) in [5, 5.41) is 10.6. The van der Waals surface area contributed by atoms with Crippen molar-refractivity contribution in [1.29, 1.82) is 0 Å². The van der Waals surface area contributed by atoms with Crippen LogP contribution < -0.4 is 0 Å². The van der Waals surface area contributed by atoms with Crippen LogP contribution in [0.2, 0.25) is 0 Å². The number of rotatable bonds is 10. The molecule has 4 fully saturated rings. The summed E-state index contributed by atoms with van der Waals surface area (Å²) in [6.07, 6.45) is 8.47. The maximum Gasteiger partial charge on any atom is 0.314 e. The molecule has 2 aliphatic heterocycles. The van der Waals surface area contributed by atoms with E-state index in [9.17, 15) is 14.7 Å². The molecule has 0 aromatic heterocycles. The normalized spacial score (nSPS) is 46.0. The quantitative estimate of drug-likeness (QED) is 0.155. The van der Waals surface area contributed by atoms with Gasteiger partial charge in [0.1, 0.15) is 11.7 Å². The molecule has 5 aliphatic rings. The summed E-state index contributed by atoms with van der Waals surface area (Å²) in [4.78, 5) is 26.0. The van der Waals surface area contributed by atoms with E-state index in [2.05, 4.69) is 33.4 Å². The molecular weight excluding hydrogens is 504 g/mol. The summed E-state index contributed by atoms with van der Waals surface area (Å²) < 4.78 is 18.0. The first-order valence-corrected chi connectivity index (χ1v) is 15.1. The lowest BCUT2D eigenvalue weighted by atomic mass is 9.52. The predicted octanol–water partition coefficient (Wildman–Crippen LogP) is 6.02. The van der Waals surface area contributed by atoms with Crippen LogP contribution in [0.1, 0.15) is 72.6 Å². The molecule has 5 rings (SSSR count). The minimum atomic E-state index is -1.10. The fraction of sp³-hybridized carbons (Fsp3) is 0.806. The minimum Gasteiger partial charge on any atom is -0.481 e. The van der Waals surface area contributed by atoms with Crippen molar-refractivity contribution < 1.29 is 28.9 Å². The van der Waals surface area contributed by atoms with E-state index < -0.39 is 16.8 Å². The Bertz CT molecular complexity index is 977. The maximum absolute atomic E-state index is 13.0. The van der Waals surface area contributed by atoms with Gasteiger partial charge in [0.05, 0.1) is 18.8 Å². The van der Waals surface area contributed by atoms with E-state index in [0.29, 0.717) is 38.4 Å². The Hall–Kier alpha value is -1.21. The van der Waals surface area contributed by atoms with E-state index in [-0.39, 0.29) is 53.5 Å². The molecule has 0 aromatic carbocycles. The molecule has 2 bridgehead atoms. The summed E-state index contributed by atoms with van der Waals surface area (Å²) in [6, 6.07) is 0. The van der Waals surface area contributed by atoms with Gasteiger partial charge in [-0.05, 0) is 74.2 Å². The van der Waals surface area contributed by atoms with Gasteiger partial charge in [-0.1, -0.05) is 45.4 Å². The molecule has 0 amide bonds. The standard InChI is InChI=1S/C31H45ClO6/c1-17(2)24-10-21-13-30(16-33,31(24,14-21)29(34)35)25-12-26(32)19(4)22(25)8-6-7-9-36-27-11-23-18(3)15-37-28(23)20(5)38-27/h10,16-17,19-23,25-28H,3,6-9,11-15H2,1-2,4-5H3,(H,34,35). The van der Waals surface area contributed by atoms with Gasteiger partial charge in [-0.25, -0.2) is 0 Å². The van der Waals surface area contributed by atoms with E-state index in [1.165, 1.54) is 0 Å². The number of allylic oxidation sites excluding steroid dienone is 1. The number of carbonyl (C=O) groups is 2. The minimum absolute atomic E-state index is 0.00800. The van der Waals surface area contributed by atoms with Crippen molar-refractivity contribution in [2.45, 2.75) is 96.5 Å². The Kier molecular flexibility index (Phi) is 7.93. The second-order valence-electron chi connectivity index (χ2n) is 13.1. The third-order valence-corrected chi connectivity index (χ3v) is 11.4. The average molecular weight is 549 g/mol. The Labute approximate surface area is 232 Å². The van der Waals surface area contributed by atoms with Crippen molar-refractivity contribution in [3.63, 3.8) is 0 Å². The van der Waals surface area contributed by atoms with Crippen LogP contribution in [0.5, 0.6) is 0 Å². The summed E-state index contributed by atoms with van der Waals surface area (Å²) in [5.41, 5.74) is 0.104. The molecule has 7 heteroatoms. The molecule has 11 atom stereocenters. The number of carbonyl (C=O) groups excluding carboxylic acids is 1. The summed E-state index contributed by atoms with van der Waals surface area (Å²) in [5.74, 6) is 0.172. The molecule has 0 spiro atoms. The molecule has 212 valence electrons. The van der Waals surface area contributed by atoms with Gasteiger partial charge in [0.25, 0.3) is 0 Å². The molecule has 2 saturated carbocycles. The highest BCUT2D eigenvalue weighted by Gasteiger charge is 2.71. The van der Waals surface area contributed by atoms with Gasteiger partial charge in [-0.3, -0.25) is 4.79 Å². The zero-order valence-electron chi connectivity index (χ0n) is 23.4. The number of fused-ring (bicyclic) bond motifs is 3. The third-order valence-electron chi connectivity index (χ3n) is 10.9. The van der Waals surface area contributed by atoms with Crippen LogP contribution in [-0.4, -0.2) is 54.5 Å². The predicted molar refractivity (Wildman–Crippen MR) is 146 cm³/mol. The highest BCUT2D eigenvalue weighted by molar-refractivity contribution is 6.21. The Morgan fingerprint density at radius 1 is 1.29 bits per heavy atom. The Balaban J connectivity index is 1.23. The van der Waals surface area contributed by atoms with Gasteiger partial charge in [-0.15, -0.1) is 11.6 Å². The van der Waals surface area contributed by atoms with Gasteiger partial charge < -0.3 is 24.1 Å². The first-order valence-electron chi connectivity index (χ1n) is 14.7.